The largest absolute Gasteiger partial charge is 0.373 e. The second-order valence-electron chi connectivity index (χ2n) is 12.9. The van der Waals surface area contributed by atoms with Crippen molar-refractivity contribution in [2.45, 2.75) is 66.7 Å². The van der Waals surface area contributed by atoms with Crippen molar-refractivity contribution < 1.29 is 18.1 Å². The second kappa shape index (κ2) is 13.6. The van der Waals surface area contributed by atoms with Crippen molar-refractivity contribution in [1.82, 2.24) is 10.0 Å². The first-order valence-electron chi connectivity index (χ1n) is 16.0. The SMILES string of the molecule is O=C(NS(=O)(=O)c1ccc(NC2(CSc3ccccc3)CCNCC2)c([N+](=O)[O-])c1)c1ccc(N2CCC3(CCCC3)CC2)cc1. The van der Waals surface area contributed by atoms with Crippen LogP contribution >= 0.6 is 11.8 Å². The first-order valence-corrected chi connectivity index (χ1v) is 18.5. The topological polar surface area (TPSA) is 134 Å². The molecule has 1 aliphatic carbocycles. The van der Waals surface area contributed by atoms with Crippen LogP contribution in [0.4, 0.5) is 17.1 Å². The van der Waals surface area contributed by atoms with E-state index < -0.39 is 26.4 Å². The molecule has 0 atom stereocenters. The number of nitro benzene ring substituents is 1. The smallest absolute Gasteiger partial charge is 0.293 e. The molecule has 1 spiro atoms. The van der Waals surface area contributed by atoms with E-state index in [1.54, 1.807) is 23.9 Å². The minimum absolute atomic E-state index is 0.202. The highest BCUT2D eigenvalue weighted by molar-refractivity contribution is 7.99. The Kier molecular flexibility index (Phi) is 9.58. The van der Waals surface area contributed by atoms with Gasteiger partial charge in [0.25, 0.3) is 21.6 Å². The van der Waals surface area contributed by atoms with Crippen LogP contribution in [0.15, 0.2) is 82.6 Å². The van der Waals surface area contributed by atoms with Crippen LogP contribution in [-0.4, -0.2) is 56.7 Å². The van der Waals surface area contributed by atoms with Gasteiger partial charge in [-0.15, -0.1) is 11.8 Å². The minimum atomic E-state index is -4.37. The number of nitro groups is 1. The first-order chi connectivity index (χ1) is 22.2. The van der Waals surface area contributed by atoms with Gasteiger partial charge < -0.3 is 15.5 Å². The lowest BCUT2D eigenvalue weighted by Crippen LogP contribution is -2.49. The predicted molar refractivity (Wildman–Crippen MR) is 182 cm³/mol. The number of thioether (sulfide) groups is 1. The second-order valence-corrected chi connectivity index (χ2v) is 15.6. The molecule has 6 rings (SSSR count). The van der Waals surface area contributed by atoms with Gasteiger partial charge in [-0.05, 0) is 106 Å². The summed E-state index contributed by atoms with van der Waals surface area (Å²) in [6.07, 6.45) is 9.15. The average molecular weight is 664 g/mol. The number of anilines is 2. The molecule has 0 unspecified atom stereocenters. The van der Waals surface area contributed by atoms with Gasteiger partial charge in [0.05, 0.1) is 9.82 Å². The van der Waals surface area contributed by atoms with Crippen LogP contribution in [0.25, 0.3) is 0 Å². The lowest BCUT2D eigenvalue weighted by atomic mass is 9.77. The zero-order chi connectivity index (χ0) is 32.2. The Hall–Kier alpha value is -3.61. The van der Waals surface area contributed by atoms with E-state index in [2.05, 4.69) is 20.3 Å². The number of hydrogen-bond acceptors (Lipinski definition) is 9. The van der Waals surface area contributed by atoms with Crippen LogP contribution in [-0.2, 0) is 10.0 Å². The molecule has 0 radical (unpaired) electrons. The van der Waals surface area contributed by atoms with E-state index in [4.69, 9.17) is 0 Å². The van der Waals surface area contributed by atoms with Crippen LogP contribution < -0.4 is 20.3 Å². The summed E-state index contributed by atoms with van der Waals surface area (Å²) < 4.78 is 28.6. The van der Waals surface area contributed by atoms with Gasteiger partial charge in [-0.1, -0.05) is 31.0 Å². The number of nitrogens with one attached hydrogen (secondary N) is 3. The van der Waals surface area contributed by atoms with Crippen molar-refractivity contribution >= 4 is 44.8 Å². The van der Waals surface area contributed by atoms with E-state index in [0.29, 0.717) is 11.2 Å². The van der Waals surface area contributed by atoms with Gasteiger partial charge in [0, 0.05) is 46.6 Å². The molecule has 3 aromatic rings. The summed E-state index contributed by atoms with van der Waals surface area (Å²) in [6, 6.07) is 20.7. The van der Waals surface area contributed by atoms with Gasteiger partial charge in [0.1, 0.15) is 5.69 Å². The zero-order valence-corrected chi connectivity index (χ0v) is 27.5. The van der Waals surface area contributed by atoms with Crippen molar-refractivity contribution in [2.75, 3.05) is 42.1 Å². The molecule has 3 fully saturated rings. The fourth-order valence-corrected chi connectivity index (χ4v) is 9.24. The molecule has 2 aliphatic heterocycles. The molecule has 2 heterocycles. The summed E-state index contributed by atoms with van der Waals surface area (Å²) in [5.74, 6) is -0.102. The maximum absolute atomic E-state index is 13.3. The highest BCUT2D eigenvalue weighted by atomic mass is 32.2. The summed E-state index contributed by atoms with van der Waals surface area (Å²) in [4.78, 5) is 27.7. The Morgan fingerprint density at radius 3 is 2.24 bits per heavy atom. The molecule has 244 valence electrons. The Balaban J connectivity index is 1.13. The molecule has 3 N–H and O–H groups in total. The molecule has 12 heteroatoms. The van der Waals surface area contributed by atoms with Gasteiger partial charge in [0.15, 0.2) is 0 Å². The van der Waals surface area contributed by atoms with Crippen LogP contribution in [0, 0.1) is 15.5 Å². The normalized spacial score (nSPS) is 19.1. The third-order valence-corrected chi connectivity index (χ3v) is 12.5. The van der Waals surface area contributed by atoms with E-state index in [1.807, 2.05) is 42.5 Å². The summed E-state index contributed by atoms with van der Waals surface area (Å²) in [5, 5.41) is 18.9. The van der Waals surface area contributed by atoms with E-state index in [0.717, 1.165) is 55.7 Å². The monoisotopic (exact) mass is 663 g/mol. The first kappa shape index (κ1) is 32.3. The standard InChI is InChI=1S/C34H41N5O5S2/c40-32(26-8-10-27(11-9-26)38-22-18-33(19-23-38)14-4-5-15-33)37-46(43,44)29-12-13-30(31(24-29)39(41)42)36-34(16-20-35-21-17-34)25-45-28-6-2-1-3-7-28/h1-3,6-13,24,35-36H,4-5,14-23,25H2,(H,37,40). The molecular weight excluding hydrogens is 623 g/mol. The van der Waals surface area contributed by atoms with Gasteiger partial charge in [0.2, 0.25) is 0 Å². The fourth-order valence-electron chi connectivity index (χ4n) is 7.10. The highest BCUT2D eigenvalue weighted by Gasteiger charge is 2.37. The van der Waals surface area contributed by atoms with E-state index >= 15 is 0 Å². The predicted octanol–water partition coefficient (Wildman–Crippen LogP) is 6.20. The maximum atomic E-state index is 13.3. The molecule has 1 amide bonds. The minimum Gasteiger partial charge on any atom is -0.373 e. The van der Waals surface area contributed by atoms with Crippen LogP contribution in [0.1, 0.15) is 61.7 Å². The van der Waals surface area contributed by atoms with Gasteiger partial charge in [-0.2, -0.15) is 0 Å². The van der Waals surface area contributed by atoms with Crippen LogP contribution in [0.5, 0.6) is 0 Å². The van der Waals surface area contributed by atoms with Crippen molar-refractivity contribution in [3.8, 4) is 0 Å². The number of hydrogen-bond donors (Lipinski definition) is 3. The van der Waals surface area contributed by atoms with Crippen molar-refractivity contribution in [3.63, 3.8) is 0 Å². The number of amides is 1. The number of rotatable bonds is 10. The third kappa shape index (κ3) is 7.34. The molecule has 0 aromatic heterocycles. The van der Waals surface area contributed by atoms with Gasteiger partial charge >= 0.3 is 0 Å². The molecule has 46 heavy (non-hydrogen) atoms. The molecule has 3 aliphatic rings. The number of benzene rings is 3. The van der Waals surface area contributed by atoms with Crippen molar-refractivity contribution in [2.24, 2.45) is 5.41 Å². The van der Waals surface area contributed by atoms with Crippen LogP contribution in [0.3, 0.4) is 0 Å². The quantitative estimate of drug-likeness (QED) is 0.132. The summed E-state index contributed by atoms with van der Waals surface area (Å²) in [6.45, 7) is 3.48. The lowest BCUT2D eigenvalue weighted by molar-refractivity contribution is -0.384. The molecule has 3 aromatic carbocycles. The molecule has 10 nitrogen and oxygen atoms in total. The zero-order valence-electron chi connectivity index (χ0n) is 25.9. The third-order valence-electron chi connectivity index (χ3n) is 9.91. The van der Waals surface area contributed by atoms with Crippen molar-refractivity contribution in [1.29, 1.82) is 0 Å². The lowest BCUT2D eigenvalue weighted by Gasteiger charge is -2.40. The molecule has 2 saturated heterocycles. The fraction of sp³-hybridized carbons (Fsp3) is 0.441. The number of carbonyl (C=O) groups excluding carboxylic acids is 1. The molecular formula is C34H41N5O5S2. The molecule has 1 saturated carbocycles. The Morgan fingerprint density at radius 2 is 1.59 bits per heavy atom. The van der Waals surface area contributed by atoms with Crippen molar-refractivity contribution in [3.05, 3.63) is 88.5 Å². The number of carbonyl (C=O) groups is 1. The highest BCUT2D eigenvalue weighted by Crippen LogP contribution is 2.46. The number of sulfonamides is 1. The summed E-state index contributed by atoms with van der Waals surface area (Å²) in [5.41, 5.74) is 1.18. The number of nitrogens with zero attached hydrogens (tertiary/aromatic N) is 2. The number of piperidine rings is 2. The van der Waals surface area contributed by atoms with Crippen LogP contribution in [0.2, 0.25) is 0 Å². The van der Waals surface area contributed by atoms with Gasteiger partial charge in [-0.3, -0.25) is 14.9 Å². The summed E-state index contributed by atoms with van der Waals surface area (Å²) in [7, 11) is -4.37. The Morgan fingerprint density at radius 1 is 0.913 bits per heavy atom. The van der Waals surface area contributed by atoms with E-state index in [1.165, 1.54) is 50.7 Å². The van der Waals surface area contributed by atoms with Gasteiger partial charge in [-0.25, -0.2) is 13.1 Å². The average Bonchev–Trinajstić information content (AvgIpc) is 3.52. The summed E-state index contributed by atoms with van der Waals surface area (Å²) >= 11 is 1.68. The Labute approximate surface area is 274 Å². The van der Waals surface area contributed by atoms with E-state index in [9.17, 15) is 23.3 Å². The molecule has 0 bridgehead atoms. The van der Waals surface area contributed by atoms with E-state index in [-0.39, 0.29) is 21.8 Å². The maximum Gasteiger partial charge on any atom is 0.293 e. The Bertz CT molecular complexity index is 1640.